The number of benzene rings is 2. The summed E-state index contributed by atoms with van der Waals surface area (Å²) in [7, 11) is 1.58. The van der Waals surface area contributed by atoms with Gasteiger partial charge < -0.3 is 14.6 Å². The number of ether oxygens (including phenoxy) is 2. The van der Waals surface area contributed by atoms with Gasteiger partial charge in [0, 0.05) is 5.56 Å². The minimum absolute atomic E-state index is 0.0133. The van der Waals surface area contributed by atoms with Crippen LogP contribution in [0.1, 0.15) is 22.8 Å². The lowest BCUT2D eigenvalue weighted by Crippen LogP contribution is -2.23. The fourth-order valence-corrected chi connectivity index (χ4v) is 1.92. The van der Waals surface area contributed by atoms with Crippen LogP contribution in [-0.2, 0) is 6.61 Å². The van der Waals surface area contributed by atoms with Crippen molar-refractivity contribution < 1.29 is 19.4 Å². The highest BCUT2D eigenvalue weighted by Crippen LogP contribution is 2.17. The fraction of sp³-hybridized carbons (Fsp3) is 0.235. The SMILES string of the molecule is COc1ccc(C(=O)C(C)Oc2ccc(CO)cc2)cc1. The molecule has 0 amide bonds. The average Bonchev–Trinajstić information content (AvgIpc) is 2.55. The second-order valence-electron chi connectivity index (χ2n) is 4.65. The molecule has 0 heterocycles. The predicted octanol–water partition coefficient (Wildman–Crippen LogP) is 2.84. The standard InChI is InChI=1S/C17H18O4/c1-12(21-16-7-3-13(11-18)4-8-16)17(19)14-5-9-15(20-2)10-6-14/h3-10,12,18H,11H2,1-2H3. The summed E-state index contributed by atoms with van der Waals surface area (Å²) in [5.41, 5.74) is 1.38. The molecule has 0 saturated heterocycles. The Balaban J connectivity index is 2.03. The van der Waals surface area contributed by atoms with Crippen molar-refractivity contribution >= 4 is 5.78 Å². The van der Waals surface area contributed by atoms with Crippen molar-refractivity contribution in [3.63, 3.8) is 0 Å². The normalized spacial score (nSPS) is 11.8. The molecule has 0 bridgehead atoms. The van der Waals surface area contributed by atoms with E-state index in [9.17, 15) is 4.79 Å². The van der Waals surface area contributed by atoms with E-state index in [0.29, 0.717) is 17.1 Å². The quantitative estimate of drug-likeness (QED) is 0.830. The Kier molecular flexibility index (Phi) is 4.95. The molecule has 0 saturated carbocycles. The molecule has 21 heavy (non-hydrogen) atoms. The maximum absolute atomic E-state index is 12.3. The molecule has 0 aliphatic rings. The number of hydrogen-bond acceptors (Lipinski definition) is 4. The fourth-order valence-electron chi connectivity index (χ4n) is 1.92. The zero-order valence-corrected chi connectivity index (χ0v) is 12.1. The molecule has 0 spiro atoms. The number of aliphatic hydroxyl groups excluding tert-OH is 1. The molecule has 0 fully saturated rings. The Morgan fingerprint density at radius 2 is 1.62 bits per heavy atom. The van der Waals surface area contributed by atoms with Gasteiger partial charge in [0.05, 0.1) is 13.7 Å². The molecule has 1 N–H and O–H groups in total. The van der Waals surface area contributed by atoms with E-state index >= 15 is 0 Å². The van der Waals surface area contributed by atoms with E-state index in [4.69, 9.17) is 14.6 Å². The third kappa shape index (κ3) is 3.83. The van der Waals surface area contributed by atoms with Crippen LogP contribution in [0.4, 0.5) is 0 Å². The molecular weight excluding hydrogens is 268 g/mol. The molecular formula is C17H18O4. The van der Waals surface area contributed by atoms with Crippen molar-refractivity contribution in [3.05, 3.63) is 59.7 Å². The summed E-state index contributed by atoms with van der Waals surface area (Å²) < 4.78 is 10.7. The van der Waals surface area contributed by atoms with Gasteiger partial charge in [-0.2, -0.15) is 0 Å². The van der Waals surface area contributed by atoms with Crippen molar-refractivity contribution in [1.82, 2.24) is 0 Å². The van der Waals surface area contributed by atoms with E-state index in [-0.39, 0.29) is 12.4 Å². The molecule has 2 rings (SSSR count). The van der Waals surface area contributed by atoms with Gasteiger partial charge in [-0.25, -0.2) is 0 Å². The van der Waals surface area contributed by atoms with E-state index in [2.05, 4.69) is 0 Å². The molecule has 0 radical (unpaired) electrons. The average molecular weight is 286 g/mol. The summed E-state index contributed by atoms with van der Waals surface area (Å²) in [6.07, 6.45) is -0.585. The van der Waals surface area contributed by atoms with Crippen molar-refractivity contribution in [2.24, 2.45) is 0 Å². The molecule has 2 aromatic carbocycles. The summed E-state index contributed by atoms with van der Waals surface area (Å²) >= 11 is 0. The van der Waals surface area contributed by atoms with Gasteiger partial charge in [-0.15, -0.1) is 0 Å². The third-order valence-corrected chi connectivity index (χ3v) is 3.16. The minimum Gasteiger partial charge on any atom is -0.497 e. The number of carbonyl (C=O) groups is 1. The van der Waals surface area contributed by atoms with Gasteiger partial charge >= 0.3 is 0 Å². The first-order valence-corrected chi connectivity index (χ1v) is 6.68. The van der Waals surface area contributed by atoms with Crippen LogP contribution in [-0.4, -0.2) is 24.1 Å². The maximum Gasteiger partial charge on any atom is 0.202 e. The Hall–Kier alpha value is -2.33. The molecule has 2 aromatic rings. The number of aliphatic hydroxyl groups is 1. The first kappa shape index (κ1) is 15.1. The lowest BCUT2D eigenvalue weighted by atomic mass is 10.1. The first-order valence-electron chi connectivity index (χ1n) is 6.68. The van der Waals surface area contributed by atoms with Crippen LogP contribution in [0.15, 0.2) is 48.5 Å². The summed E-state index contributed by atoms with van der Waals surface area (Å²) in [6, 6.07) is 13.9. The summed E-state index contributed by atoms with van der Waals surface area (Å²) in [4.78, 5) is 12.3. The second-order valence-corrected chi connectivity index (χ2v) is 4.65. The zero-order chi connectivity index (χ0) is 15.2. The molecule has 4 heteroatoms. The largest absolute Gasteiger partial charge is 0.497 e. The van der Waals surface area contributed by atoms with Crippen molar-refractivity contribution in [3.8, 4) is 11.5 Å². The van der Waals surface area contributed by atoms with Gasteiger partial charge in [0.1, 0.15) is 11.5 Å². The summed E-state index contributed by atoms with van der Waals surface area (Å²) in [6.45, 7) is 1.70. The Bertz CT molecular complexity index is 587. The Morgan fingerprint density at radius 3 is 2.14 bits per heavy atom. The molecule has 4 nitrogen and oxygen atoms in total. The number of rotatable bonds is 6. The zero-order valence-electron chi connectivity index (χ0n) is 12.1. The molecule has 1 atom stereocenters. The van der Waals surface area contributed by atoms with Crippen LogP contribution in [0.2, 0.25) is 0 Å². The highest BCUT2D eigenvalue weighted by Gasteiger charge is 2.16. The second kappa shape index (κ2) is 6.90. The first-order chi connectivity index (χ1) is 10.1. The van der Waals surface area contributed by atoms with E-state index < -0.39 is 6.10 Å². The monoisotopic (exact) mass is 286 g/mol. The number of carbonyl (C=O) groups excluding carboxylic acids is 1. The van der Waals surface area contributed by atoms with Gasteiger partial charge in [0.2, 0.25) is 5.78 Å². The smallest absolute Gasteiger partial charge is 0.202 e. The molecule has 0 aliphatic carbocycles. The third-order valence-electron chi connectivity index (χ3n) is 3.16. The van der Waals surface area contributed by atoms with Gasteiger partial charge in [0.15, 0.2) is 6.10 Å². The lowest BCUT2D eigenvalue weighted by Gasteiger charge is -2.14. The molecule has 110 valence electrons. The minimum atomic E-state index is -0.585. The Labute approximate surface area is 123 Å². The molecule has 0 aliphatic heterocycles. The number of hydrogen-bond donors (Lipinski definition) is 1. The van der Waals surface area contributed by atoms with Crippen LogP contribution in [0, 0.1) is 0 Å². The number of methoxy groups -OCH3 is 1. The Morgan fingerprint density at radius 1 is 1.05 bits per heavy atom. The topological polar surface area (TPSA) is 55.8 Å². The van der Waals surface area contributed by atoms with Gasteiger partial charge in [-0.3, -0.25) is 4.79 Å². The number of ketones is 1. The van der Waals surface area contributed by atoms with E-state index in [1.807, 2.05) is 0 Å². The van der Waals surface area contributed by atoms with Gasteiger partial charge in [0.25, 0.3) is 0 Å². The van der Waals surface area contributed by atoms with E-state index in [1.54, 1.807) is 62.6 Å². The molecule has 0 aromatic heterocycles. The summed E-state index contributed by atoms with van der Waals surface area (Å²) in [5.74, 6) is 1.21. The summed E-state index contributed by atoms with van der Waals surface area (Å²) in [5, 5.41) is 8.98. The maximum atomic E-state index is 12.3. The van der Waals surface area contributed by atoms with Crippen LogP contribution in [0.5, 0.6) is 11.5 Å². The number of Topliss-reactive ketones (excluding diaryl/α,β-unsaturated/α-hetero) is 1. The van der Waals surface area contributed by atoms with Crippen molar-refractivity contribution in [1.29, 1.82) is 0 Å². The van der Waals surface area contributed by atoms with Crippen LogP contribution >= 0.6 is 0 Å². The van der Waals surface area contributed by atoms with Crippen LogP contribution in [0.25, 0.3) is 0 Å². The van der Waals surface area contributed by atoms with E-state index in [0.717, 1.165) is 5.56 Å². The highest BCUT2D eigenvalue weighted by atomic mass is 16.5. The van der Waals surface area contributed by atoms with Crippen molar-refractivity contribution in [2.75, 3.05) is 7.11 Å². The predicted molar refractivity (Wildman–Crippen MR) is 79.8 cm³/mol. The van der Waals surface area contributed by atoms with E-state index in [1.165, 1.54) is 0 Å². The van der Waals surface area contributed by atoms with Crippen molar-refractivity contribution in [2.45, 2.75) is 19.6 Å². The molecule has 1 unspecified atom stereocenters. The van der Waals surface area contributed by atoms with Crippen LogP contribution in [0.3, 0.4) is 0 Å². The van der Waals surface area contributed by atoms with Gasteiger partial charge in [-0.1, -0.05) is 12.1 Å². The highest BCUT2D eigenvalue weighted by molar-refractivity contribution is 5.99. The lowest BCUT2D eigenvalue weighted by molar-refractivity contribution is 0.0818. The van der Waals surface area contributed by atoms with Gasteiger partial charge in [-0.05, 0) is 48.9 Å². The van der Waals surface area contributed by atoms with Crippen LogP contribution < -0.4 is 9.47 Å².